The summed E-state index contributed by atoms with van der Waals surface area (Å²) in [6, 6.07) is 5.92. The summed E-state index contributed by atoms with van der Waals surface area (Å²) in [6.07, 6.45) is 0.585. The van der Waals surface area contributed by atoms with Gasteiger partial charge in [-0.05, 0) is 38.5 Å². The van der Waals surface area contributed by atoms with Crippen molar-refractivity contribution in [3.8, 4) is 11.5 Å². The number of nitrogens with zero attached hydrogens (tertiary/aromatic N) is 3. The van der Waals surface area contributed by atoms with E-state index in [-0.39, 0.29) is 24.5 Å². The molecule has 0 spiro atoms. The number of benzene rings is 1. The minimum atomic E-state index is -0.772. The number of hydrogen-bond acceptors (Lipinski definition) is 9. The molecule has 1 unspecified atom stereocenters. The van der Waals surface area contributed by atoms with Gasteiger partial charge in [-0.1, -0.05) is 13.0 Å². The van der Waals surface area contributed by atoms with Crippen molar-refractivity contribution in [3.05, 3.63) is 35.3 Å². The first-order chi connectivity index (χ1) is 17.1. The van der Waals surface area contributed by atoms with Gasteiger partial charge in [-0.15, -0.1) is 11.3 Å². The molecule has 4 atom stereocenters. The Labute approximate surface area is 215 Å². The molecule has 1 N–H and O–H groups in total. The number of likely N-dealkylation sites (tertiary alicyclic amines) is 1. The van der Waals surface area contributed by atoms with Gasteiger partial charge < -0.3 is 33.9 Å². The normalized spacial score (nSPS) is 28.7. The number of thiazole rings is 1. The Morgan fingerprint density at radius 3 is 2.64 bits per heavy atom. The van der Waals surface area contributed by atoms with Crippen molar-refractivity contribution in [2.24, 2.45) is 5.41 Å². The number of aliphatic hydroxyl groups excluding tert-OH is 1. The number of hydrogen-bond donors (Lipinski definition) is 1. The number of carbonyl (C=O) groups is 1. The molecule has 3 saturated heterocycles. The molecule has 1 aromatic heterocycles. The van der Waals surface area contributed by atoms with Crippen LogP contribution in [0.2, 0.25) is 0 Å². The molecule has 4 heterocycles. The average Bonchev–Trinajstić information content (AvgIpc) is 3.54. The predicted molar refractivity (Wildman–Crippen MR) is 136 cm³/mol. The summed E-state index contributed by atoms with van der Waals surface area (Å²) in [6.45, 7) is 10.1. The molecule has 10 heteroatoms. The maximum absolute atomic E-state index is 13.3. The van der Waals surface area contributed by atoms with Gasteiger partial charge in [0.05, 0.1) is 32.9 Å². The van der Waals surface area contributed by atoms with Crippen molar-refractivity contribution in [2.45, 2.75) is 57.7 Å². The van der Waals surface area contributed by atoms with E-state index in [1.54, 1.807) is 30.3 Å². The summed E-state index contributed by atoms with van der Waals surface area (Å²) >= 11 is 1.62. The third kappa shape index (κ3) is 4.67. The largest absolute Gasteiger partial charge is 0.493 e. The van der Waals surface area contributed by atoms with Gasteiger partial charge in [0.15, 0.2) is 28.5 Å². The second-order valence-electron chi connectivity index (χ2n) is 10.6. The molecule has 3 aliphatic rings. The van der Waals surface area contributed by atoms with Crippen LogP contribution in [-0.2, 0) is 14.3 Å². The Balaban J connectivity index is 1.34. The Hall–Kier alpha value is -2.40. The lowest BCUT2D eigenvalue weighted by atomic mass is 9.72. The van der Waals surface area contributed by atoms with Gasteiger partial charge in [-0.2, -0.15) is 0 Å². The first kappa shape index (κ1) is 25.3. The highest BCUT2D eigenvalue weighted by Gasteiger charge is 2.50. The molecule has 2 aromatic rings. The third-order valence-corrected chi connectivity index (χ3v) is 8.53. The Morgan fingerprint density at radius 1 is 1.25 bits per heavy atom. The van der Waals surface area contributed by atoms with E-state index in [0.717, 1.165) is 23.8 Å². The van der Waals surface area contributed by atoms with Crippen LogP contribution in [0.5, 0.6) is 11.5 Å². The van der Waals surface area contributed by atoms with Crippen molar-refractivity contribution < 1.29 is 28.8 Å². The van der Waals surface area contributed by atoms with Gasteiger partial charge in [0.2, 0.25) is 0 Å². The number of ether oxygens (including phenoxy) is 4. The second kappa shape index (κ2) is 9.48. The van der Waals surface area contributed by atoms with E-state index in [1.807, 2.05) is 50.5 Å². The van der Waals surface area contributed by atoms with E-state index in [9.17, 15) is 9.90 Å². The van der Waals surface area contributed by atoms with E-state index in [2.05, 4.69) is 9.88 Å². The fourth-order valence-corrected chi connectivity index (χ4v) is 5.99. The third-order valence-electron chi connectivity index (χ3n) is 7.70. The molecule has 5 rings (SSSR count). The van der Waals surface area contributed by atoms with E-state index in [4.69, 9.17) is 18.9 Å². The Kier molecular flexibility index (Phi) is 6.65. The quantitative estimate of drug-likeness (QED) is 0.599. The number of carbonyl (C=O) groups excluding carboxylic acids is 1. The van der Waals surface area contributed by atoms with Crippen LogP contribution in [0.25, 0.3) is 0 Å². The zero-order valence-electron chi connectivity index (χ0n) is 21.5. The lowest BCUT2D eigenvalue weighted by Gasteiger charge is -2.39. The highest BCUT2D eigenvalue weighted by molar-refractivity contribution is 7.13. The SMILES string of the molecule is COc1ccc([C@@H]2CN(C(=O)[C@@H]3COC(C)(C)O3)C[C@@]2(C)C(C)O)cc1OC1CN(c2nccs2)C1. The zero-order valence-corrected chi connectivity index (χ0v) is 22.3. The second-order valence-corrected chi connectivity index (χ2v) is 11.5. The summed E-state index contributed by atoms with van der Waals surface area (Å²) in [5.41, 5.74) is 0.471. The molecule has 3 aliphatic heterocycles. The Morgan fingerprint density at radius 2 is 2.03 bits per heavy atom. The van der Waals surface area contributed by atoms with Crippen LogP contribution in [0.1, 0.15) is 39.2 Å². The van der Waals surface area contributed by atoms with E-state index in [1.165, 1.54) is 0 Å². The van der Waals surface area contributed by atoms with E-state index in [0.29, 0.717) is 24.6 Å². The number of rotatable bonds is 7. The van der Waals surface area contributed by atoms with Crippen LogP contribution in [0.15, 0.2) is 29.8 Å². The molecule has 3 fully saturated rings. The fourth-order valence-electron chi connectivity index (χ4n) is 5.33. The van der Waals surface area contributed by atoms with Crippen LogP contribution < -0.4 is 14.4 Å². The summed E-state index contributed by atoms with van der Waals surface area (Å²) in [5.74, 6) is 0.377. The Bertz CT molecular complexity index is 1090. The summed E-state index contributed by atoms with van der Waals surface area (Å²) in [4.78, 5) is 21.6. The molecule has 9 nitrogen and oxygen atoms in total. The van der Waals surface area contributed by atoms with Crippen molar-refractivity contribution >= 4 is 22.4 Å². The number of amides is 1. The lowest BCUT2D eigenvalue weighted by molar-refractivity contribution is -0.159. The first-order valence-corrected chi connectivity index (χ1v) is 13.3. The van der Waals surface area contributed by atoms with Gasteiger partial charge in [-0.25, -0.2) is 4.98 Å². The average molecular weight is 518 g/mol. The van der Waals surface area contributed by atoms with Gasteiger partial charge in [-0.3, -0.25) is 4.79 Å². The van der Waals surface area contributed by atoms with E-state index >= 15 is 0 Å². The molecular formula is C26H35N3O6S. The molecule has 36 heavy (non-hydrogen) atoms. The molecule has 0 aliphatic carbocycles. The fraction of sp³-hybridized carbons (Fsp3) is 0.615. The monoisotopic (exact) mass is 517 g/mol. The standard InChI is InChI=1S/C26H35N3O6S/c1-16(30)26(4)15-29(23(31)22-14-33-25(2,3)35-22)13-19(26)17-6-7-20(32-5)21(10-17)34-18-11-28(12-18)24-27-8-9-36-24/h6-10,16,18-19,22,30H,11-15H2,1-5H3/t16?,19-,22-,26-/m0/s1. The van der Waals surface area contributed by atoms with Crippen LogP contribution in [0.3, 0.4) is 0 Å². The van der Waals surface area contributed by atoms with Crippen molar-refractivity contribution in [2.75, 3.05) is 44.8 Å². The molecule has 0 saturated carbocycles. The molecular weight excluding hydrogens is 482 g/mol. The van der Waals surface area contributed by atoms with Gasteiger partial charge in [0.25, 0.3) is 5.91 Å². The highest BCUT2D eigenvalue weighted by atomic mass is 32.1. The van der Waals surface area contributed by atoms with Crippen molar-refractivity contribution in [1.29, 1.82) is 0 Å². The molecule has 0 radical (unpaired) electrons. The molecule has 196 valence electrons. The molecule has 1 amide bonds. The summed E-state index contributed by atoms with van der Waals surface area (Å²) in [5, 5.41) is 13.8. The highest BCUT2D eigenvalue weighted by Crippen LogP contribution is 2.47. The number of methoxy groups -OCH3 is 1. The molecule has 1 aromatic carbocycles. The number of anilines is 1. The maximum Gasteiger partial charge on any atom is 0.254 e. The predicted octanol–water partition coefficient (Wildman–Crippen LogP) is 2.88. The van der Waals surface area contributed by atoms with Crippen molar-refractivity contribution in [1.82, 2.24) is 9.88 Å². The minimum Gasteiger partial charge on any atom is -0.493 e. The van der Waals surface area contributed by atoms with Crippen LogP contribution in [0.4, 0.5) is 5.13 Å². The van der Waals surface area contributed by atoms with Crippen molar-refractivity contribution in [3.63, 3.8) is 0 Å². The van der Waals surface area contributed by atoms with Gasteiger partial charge in [0.1, 0.15) is 6.10 Å². The smallest absolute Gasteiger partial charge is 0.254 e. The maximum atomic E-state index is 13.3. The van der Waals surface area contributed by atoms with Gasteiger partial charge >= 0.3 is 0 Å². The van der Waals surface area contributed by atoms with Gasteiger partial charge in [0, 0.05) is 36.0 Å². The minimum absolute atomic E-state index is 0.0331. The summed E-state index contributed by atoms with van der Waals surface area (Å²) < 4.78 is 23.4. The van der Waals surface area contributed by atoms with Crippen LogP contribution in [-0.4, -0.2) is 84.9 Å². The van der Waals surface area contributed by atoms with Crippen LogP contribution in [0, 0.1) is 5.41 Å². The lowest BCUT2D eigenvalue weighted by Crippen LogP contribution is -2.54. The number of aliphatic hydroxyl groups is 1. The van der Waals surface area contributed by atoms with E-state index < -0.39 is 23.4 Å². The first-order valence-electron chi connectivity index (χ1n) is 12.4. The topological polar surface area (TPSA) is 93.6 Å². The van der Waals surface area contributed by atoms with Crippen LogP contribution >= 0.6 is 11.3 Å². The summed E-state index contributed by atoms with van der Waals surface area (Å²) in [7, 11) is 1.63. The number of aromatic nitrogens is 1. The molecule has 0 bridgehead atoms. The zero-order chi connectivity index (χ0) is 25.7.